The van der Waals surface area contributed by atoms with E-state index in [1.807, 2.05) is 36.4 Å². The molecule has 10 aromatic rings. The fourth-order valence-corrected chi connectivity index (χ4v) is 10.1. The first-order valence-corrected chi connectivity index (χ1v) is 20.4. The van der Waals surface area contributed by atoms with Gasteiger partial charge in [0.05, 0.1) is 5.69 Å². The molecule has 0 atom stereocenters. The Morgan fingerprint density at radius 2 is 1.07 bits per heavy atom. The Hall–Kier alpha value is -7.17. The predicted octanol–water partition coefficient (Wildman–Crippen LogP) is 15.1. The maximum Gasteiger partial charge on any atom is 0.227 e. The van der Waals surface area contributed by atoms with Gasteiger partial charge >= 0.3 is 0 Å². The molecule has 0 bridgehead atoms. The van der Waals surface area contributed by atoms with E-state index >= 15 is 0 Å². The lowest BCUT2D eigenvalue weighted by atomic mass is 9.82. The number of hydrogen-bond acceptors (Lipinski definition) is 4. The van der Waals surface area contributed by atoms with Gasteiger partial charge in [0, 0.05) is 50.2 Å². The summed E-state index contributed by atoms with van der Waals surface area (Å²) in [5.41, 5.74) is 20.2. The van der Waals surface area contributed by atoms with E-state index in [1.54, 1.807) is 0 Å². The number of fused-ring (bicyclic) bond motifs is 10. The lowest BCUT2D eigenvalue weighted by molar-refractivity contribution is 0.620. The molecule has 2 heterocycles. The molecule has 2 aliphatic rings. The van der Waals surface area contributed by atoms with Gasteiger partial charge in [0.2, 0.25) is 5.89 Å². The van der Waals surface area contributed by atoms with E-state index in [0.29, 0.717) is 5.89 Å². The molecule has 0 saturated carbocycles. The standard InChI is InChI=1S/C55H40N2O2/c1-54(2)43-17-10-8-15-38(43)41-30-37(26-28-45(41)54)57(48-20-12-19-46-52(48)40-16-9-11-18-44(40)55(46,3)4)36-24-21-33(22-25-36)35-23-27-39-42-31-51-47(32-50(42)58-49(39)29-35)56-53(59-51)34-13-6-5-7-14-34/h5-32H,1-4H3. The highest BCUT2D eigenvalue weighted by Crippen LogP contribution is 2.55. The summed E-state index contributed by atoms with van der Waals surface area (Å²) >= 11 is 0. The van der Waals surface area contributed by atoms with E-state index in [9.17, 15) is 0 Å². The SMILES string of the molecule is CC1(C)c2ccccc2-c2cc(N(c3ccc(-c4ccc5c(c4)oc4cc6nc(-c7ccccc7)oc6cc45)cc3)c3cccc4c3-c3ccccc3C4(C)C)ccc21. The monoisotopic (exact) mass is 760 g/mol. The van der Waals surface area contributed by atoms with Crippen molar-refractivity contribution in [2.75, 3.05) is 4.90 Å². The number of furan rings is 1. The van der Waals surface area contributed by atoms with Crippen LogP contribution in [0.5, 0.6) is 0 Å². The Labute approximate surface area is 343 Å². The molecular formula is C55H40N2O2. The van der Waals surface area contributed by atoms with Gasteiger partial charge in [-0.15, -0.1) is 0 Å². The largest absolute Gasteiger partial charge is 0.456 e. The van der Waals surface area contributed by atoms with E-state index in [0.717, 1.165) is 61.1 Å². The first kappa shape index (κ1) is 33.9. The van der Waals surface area contributed by atoms with Crippen molar-refractivity contribution in [3.8, 4) is 44.8 Å². The number of oxazole rings is 1. The van der Waals surface area contributed by atoms with E-state index < -0.39 is 0 Å². The van der Waals surface area contributed by atoms with Crippen molar-refractivity contribution in [2.45, 2.75) is 38.5 Å². The minimum absolute atomic E-state index is 0.0669. The number of hydrogen-bond donors (Lipinski definition) is 0. The van der Waals surface area contributed by atoms with Crippen LogP contribution in [-0.2, 0) is 10.8 Å². The van der Waals surface area contributed by atoms with Crippen LogP contribution in [0.1, 0.15) is 49.9 Å². The third-order valence-electron chi connectivity index (χ3n) is 13.1. The van der Waals surface area contributed by atoms with Gasteiger partial charge in [0.1, 0.15) is 16.7 Å². The molecule has 2 aliphatic carbocycles. The Kier molecular flexibility index (Phi) is 7.00. The number of nitrogens with zero attached hydrogens (tertiary/aromatic N) is 2. The highest BCUT2D eigenvalue weighted by atomic mass is 16.4. The number of benzene rings is 8. The molecule has 0 fully saturated rings. The minimum Gasteiger partial charge on any atom is -0.456 e. The Bertz CT molecular complexity index is 3330. The second kappa shape index (κ2) is 12.2. The summed E-state index contributed by atoms with van der Waals surface area (Å²) < 4.78 is 12.7. The molecule has 8 aromatic carbocycles. The van der Waals surface area contributed by atoms with Crippen LogP contribution in [0.25, 0.3) is 77.9 Å². The van der Waals surface area contributed by atoms with Crippen LogP contribution in [0, 0.1) is 0 Å². The van der Waals surface area contributed by atoms with Gasteiger partial charge in [-0.25, -0.2) is 4.98 Å². The van der Waals surface area contributed by atoms with E-state index in [4.69, 9.17) is 13.8 Å². The van der Waals surface area contributed by atoms with Gasteiger partial charge < -0.3 is 13.7 Å². The quantitative estimate of drug-likeness (QED) is 0.175. The van der Waals surface area contributed by atoms with Crippen LogP contribution in [0.3, 0.4) is 0 Å². The van der Waals surface area contributed by atoms with Gasteiger partial charge in [0.25, 0.3) is 0 Å². The molecule has 4 nitrogen and oxygen atoms in total. The number of rotatable bonds is 5. The number of anilines is 3. The zero-order valence-electron chi connectivity index (χ0n) is 33.4. The summed E-state index contributed by atoms with van der Waals surface area (Å²) in [6, 6.07) is 61.3. The molecule has 0 amide bonds. The molecule has 0 unspecified atom stereocenters. The third-order valence-corrected chi connectivity index (χ3v) is 13.1. The molecular weight excluding hydrogens is 721 g/mol. The van der Waals surface area contributed by atoms with Crippen LogP contribution >= 0.6 is 0 Å². The second-order valence-corrected chi connectivity index (χ2v) is 17.2. The summed E-state index contributed by atoms with van der Waals surface area (Å²) in [4.78, 5) is 7.24. The van der Waals surface area contributed by atoms with E-state index in [2.05, 4.69) is 166 Å². The normalized spacial score (nSPS) is 14.4. The third kappa shape index (κ3) is 4.93. The van der Waals surface area contributed by atoms with Crippen LogP contribution in [0.15, 0.2) is 179 Å². The van der Waals surface area contributed by atoms with Gasteiger partial charge in [-0.05, 0) is 111 Å². The zero-order chi connectivity index (χ0) is 39.6. The highest BCUT2D eigenvalue weighted by molar-refractivity contribution is 6.09. The van der Waals surface area contributed by atoms with Crippen molar-refractivity contribution < 1.29 is 8.83 Å². The zero-order valence-corrected chi connectivity index (χ0v) is 33.4. The molecule has 59 heavy (non-hydrogen) atoms. The molecule has 4 heteroatoms. The average Bonchev–Trinajstić information content (AvgIpc) is 3.98. The fourth-order valence-electron chi connectivity index (χ4n) is 10.1. The van der Waals surface area contributed by atoms with Gasteiger partial charge in [-0.3, -0.25) is 0 Å². The average molecular weight is 761 g/mol. The van der Waals surface area contributed by atoms with Crippen molar-refractivity contribution in [3.05, 3.63) is 192 Å². The summed E-state index contributed by atoms with van der Waals surface area (Å²) in [5, 5.41) is 2.06. The lowest BCUT2D eigenvalue weighted by Gasteiger charge is -2.30. The number of aromatic nitrogens is 1. The smallest absolute Gasteiger partial charge is 0.227 e. The lowest BCUT2D eigenvalue weighted by Crippen LogP contribution is -2.16. The molecule has 0 N–H and O–H groups in total. The molecule has 2 aromatic heterocycles. The Morgan fingerprint density at radius 1 is 0.424 bits per heavy atom. The second-order valence-electron chi connectivity index (χ2n) is 17.2. The molecule has 0 radical (unpaired) electrons. The van der Waals surface area contributed by atoms with Crippen LogP contribution in [0.4, 0.5) is 17.1 Å². The van der Waals surface area contributed by atoms with Crippen molar-refractivity contribution in [2.24, 2.45) is 0 Å². The summed E-state index contributed by atoms with van der Waals surface area (Å²) in [6.07, 6.45) is 0. The molecule has 0 aliphatic heterocycles. The van der Waals surface area contributed by atoms with Crippen LogP contribution < -0.4 is 4.90 Å². The van der Waals surface area contributed by atoms with Gasteiger partial charge in [-0.2, -0.15) is 0 Å². The summed E-state index contributed by atoms with van der Waals surface area (Å²) in [7, 11) is 0. The van der Waals surface area contributed by atoms with Crippen molar-refractivity contribution in [1.82, 2.24) is 4.98 Å². The molecule has 282 valence electrons. The predicted molar refractivity (Wildman–Crippen MR) is 242 cm³/mol. The topological polar surface area (TPSA) is 42.4 Å². The first-order chi connectivity index (χ1) is 28.7. The maximum atomic E-state index is 6.49. The first-order valence-electron chi connectivity index (χ1n) is 20.4. The Morgan fingerprint density at radius 3 is 1.88 bits per heavy atom. The summed E-state index contributed by atoms with van der Waals surface area (Å²) in [6.45, 7) is 9.39. The van der Waals surface area contributed by atoms with Crippen molar-refractivity contribution in [3.63, 3.8) is 0 Å². The van der Waals surface area contributed by atoms with Crippen LogP contribution in [0.2, 0.25) is 0 Å². The molecule has 0 spiro atoms. The fraction of sp³-hybridized carbons (Fsp3) is 0.109. The minimum atomic E-state index is -0.112. The Balaban J connectivity index is 0.969. The summed E-state index contributed by atoms with van der Waals surface area (Å²) in [5.74, 6) is 0.609. The maximum absolute atomic E-state index is 6.49. The van der Waals surface area contributed by atoms with E-state index in [1.165, 1.54) is 50.2 Å². The highest BCUT2D eigenvalue weighted by Gasteiger charge is 2.39. The molecule has 12 rings (SSSR count). The van der Waals surface area contributed by atoms with Gasteiger partial charge in [0.15, 0.2) is 5.58 Å². The van der Waals surface area contributed by atoms with Crippen molar-refractivity contribution >= 4 is 50.1 Å². The van der Waals surface area contributed by atoms with Gasteiger partial charge in [-0.1, -0.05) is 131 Å². The van der Waals surface area contributed by atoms with Crippen molar-refractivity contribution in [1.29, 1.82) is 0 Å². The molecule has 0 saturated heterocycles. The van der Waals surface area contributed by atoms with E-state index in [-0.39, 0.29) is 10.8 Å². The van der Waals surface area contributed by atoms with Crippen LogP contribution in [-0.4, -0.2) is 4.98 Å².